The third kappa shape index (κ3) is 2.47. The third-order valence-electron chi connectivity index (χ3n) is 3.42. The molecule has 2 aromatic heterocycles. The number of halogens is 1. The predicted molar refractivity (Wildman–Crippen MR) is 87.5 cm³/mol. The summed E-state index contributed by atoms with van der Waals surface area (Å²) >= 11 is 6.29. The number of nitrogens with zero attached hydrogens (tertiary/aromatic N) is 4. The summed E-state index contributed by atoms with van der Waals surface area (Å²) < 4.78 is 2.02. The molecule has 0 bridgehead atoms. The van der Waals surface area contributed by atoms with Gasteiger partial charge in [-0.2, -0.15) is 0 Å². The number of fused-ring (bicyclic) bond motifs is 1. The van der Waals surface area contributed by atoms with Crippen molar-refractivity contribution in [1.29, 1.82) is 0 Å². The monoisotopic (exact) mass is 300 g/mol. The SMILES string of the molecule is CC(Cl)c1nc2cccnc2n1-c1ccc(N(C)C)cc1. The molecule has 5 heteroatoms. The lowest BCUT2D eigenvalue weighted by molar-refractivity contribution is 0.877. The average Bonchev–Trinajstić information content (AvgIpc) is 2.87. The second kappa shape index (κ2) is 5.37. The molecule has 0 amide bonds. The van der Waals surface area contributed by atoms with E-state index in [0.29, 0.717) is 0 Å². The molecule has 3 aromatic rings. The fourth-order valence-corrected chi connectivity index (χ4v) is 2.50. The molecule has 1 aromatic carbocycles. The highest BCUT2D eigenvalue weighted by atomic mass is 35.5. The van der Waals surface area contributed by atoms with Crippen molar-refractivity contribution in [3.8, 4) is 5.69 Å². The lowest BCUT2D eigenvalue weighted by atomic mass is 10.2. The van der Waals surface area contributed by atoms with Crippen LogP contribution in [0.5, 0.6) is 0 Å². The molecule has 0 N–H and O–H groups in total. The van der Waals surface area contributed by atoms with Crippen LogP contribution in [0.1, 0.15) is 18.1 Å². The first-order chi connectivity index (χ1) is 10.1. The molecule has 1 unspecified atom stereocenters. The van der Waals surface area contributed by atoms with Gasteiger partial charge >= 0.3 is 0 Å². The molecule has 0 aliphatic carbocycles. The number of benzene rings is 1. The van der Waals surface area contributed by atoms with Gasteiger partial charge in [-0.25, -0.2) is 9.97 Å². The van der Waals surface area contributed by atoms with E-state index < -0.39 is 0 Å². The standard InChI is InChI=1S/C16H17ClN4/c1-11(17)15-19-14-5-4-10-18-16(14)21(15)13-8-6-12(7-9-13)20(2)3/h4-11H,1-3H3. The van der Waals surface area contributed by atoms with Crippen LogP contribution in [0.4, 0.5) is 5.69 Å². The highest BCUT2D eigenvalue weighted by molar-refractivity contribution is 6.20. The van der Waals surface area contributed by atoms with Gasteiger partial charge in [-0.1, -0.05) is 0 Å². The zero-order valence-electron chi connectivity index (χ0n) is 12.3. The van der Waals surface area contributed by atoms with Gasteiger partial charge in [-0.05, 0) is 43.3 Å². The lowest BCUT2D eigenvalue weighted by Crippen LogP contribution is -2.09. The van der Waals surface area contributed by atoms with Crippen LogP contribution in [0.2, 0.25) is 0 Å². The number of imidazole rings is 1. The van der Waals surface area contributed by atoms with Crippen molar-refractivity contribution < 1.29 is 0 Å². The Morgan fingerprint density at radius 3 is 2.48 bits per heavy atom. The second-order valence-corrected chi connectivity index (χ2v) is 5.83. The maximum atomic E-state index is 6.29. The van der Waals surface area contributed by atoms with Gasteiger partial charge in [0.05, 0.1) is 5.38 Å². The van der Waals surface area contributed by atoms with Crippen molar-refractivity contribution in [1.82, 2.24) is 14.5 Å². The van der Waals surface area contributed by atoms with Crippen LogP contribution in [0.25, 0.3) is 16.9 Å². The number of aromatic nitrogens is 3. The molecule has 0 saturated heterocycles. The Morgan fingerprint density at radius 2 is 1.86 bits per heavy atom. The van der Waals surface area contributed by atoms with Crippen LogP contribution in [0.15, 0.2) is 42.6 Å². The summed E-state index contributed by atoms with van der Waals surface area (Å²) in [5.74, 6) is 0.808. The molecule has 4 nitrogen and oxygen atoms in total. The third-order valence-corrected chi connectivity index (χ3v) is 3.62. The van der Waals surface area contributed by atoms with Crippen molar-refractivity contribution in [3.63, 3.8) is 0 Å². The van der Waals surface area contributed by atoms with E-state index in [0.717, 1.165) is 28.4 Å². The van der Waals surface area contributed by atoms with E-state index in [1.807, 2.05) is 37.7 Å². The minimum absolute atomic E-state index is 0.187. The van der Waals surface area contributed by atoms with Crippen molar-refractivity contribution in [2.24, 2.45) is 0 Å². The van der Waals surface area contributed by atoms with Gasteiger partial charge in [0.25, 0.3) is 0 Å². The van der Waals surface area contributed by atoms with Crippen molar-refractivity contribution in [2.45, 2.75) is 12.3 Å². The molecule has 3 rings (SSSR count). The molecule has 2 heterocycles. The molecule has 0 spiro atoms. The minimum Gasteiger partial charge on any atom is -0.378 e. The fraction of sp³-hybridized carbons (Fsp3) is 0.250. The van der Waals surface area contributed by atoms with Gasteiger partial charge in [-0.15, -0.1) is 11.6 Å². The number of anilines is 1. The van der Waals surface area contributed by atoms with Crippen molar-refractivity contribution >= 4 is 28.5 Å². The number of hydrogen-bond donors (Lipinski definition) is 0. The van der Waals surface area contributed by atoms with Crippen molar-refractivity contribution in [3.05, 3.63) is 48.4 Å². The van der Waals surface area contributed by atoms with E-state index in [9.17, 15) is 0 Å². The Labute approximate surface area is 129 Å². The summed E-state index contributed by atoms with van der Waals surface area (Å²) in [6, 6.07) is 12.1. The summed E-state index contributed by atoms with van der Waals surface area (Å²) in [4.78, 5) is 11.1. The molecule has 21 heavy (non-hydrogen) atoms. The molecule has 108 valence electrons. The largest absolute Gasteiger partial charge is 0.378 e. The van der Waals surface area contributed by atoms with Crippen LogP contribution in [-0.2, 0) is 0 Å². The summed E-state index contributed by atoms with van der Waals surface area (Å²) in [5.41, 5.74) is 3.86. The number of alkyl halides is 1. The van der Waals surface area contributed by atoms with Gasteiger partial charge < -0.3 is 4.90 Å². The Morgan fingerprint density at radius 1 is 1.14 bits per heavy atom. The normalized spacial score (nSPS) is 12.6. The molecular formula is C16H17ClN4. The molecule has 0 saturated carbocycles. The van der Waals surface area contributed by atoms with E-state index in [-0.39, 0.29) is 5.38 Å². The zero-order chi connectivity index (χ0) is 15.0. The predicted octanol–water partition coefficient (Wildman–Crippen LogP) is 3.79. The average molecular weight is 301 g/mol. The number of pyridine rings is 1. The Kier molecular flexibility index (Phi) is 3.55. The number of hydrogen-bond acceptors (Lipinski definition) is 3. The molecule has 0 fully saturated rings. The van der Waals surface area contributed by atoms with E-state index >= 15 is 0 Å². The van der Waals surface area contributed by atoms with Gasteiger partial charge in [0.15, 0.2) is 5.65 Å². The van der Waals surface area contributed by atoms with Crippen molar-refractivity contribution in [2.75, 3.05) is 19.0 Å². The Hall–Kier alpha value is -2.07. The smallest absolute Gasteiger partial charge is 0.164 e. The summed E-state index contributed by atoms with van der Waals surface area (Å²) in [6.45, 7) is 1.92. The second-order valence-electron chi connectivity index (χ2n) is 5.18. The first-order valence-corrected chi connectivity index (χ1v) is 7.27. The molecule has 0 radical (unpaired) electrons. The first-order valence-electron chi connectivity index (χ1n) is 6.83. The molecule has 1 atom stereocenters. The first kappa shape index (κ1) is 13.9. The highest BCUT2D eigenvalue weighted by Crippen LogP contribution is 2.27. The van der Waals surface area contributed by atoms with Crippen LogP contribution in [-0.4, -0.2) is 28.6 Å². The number of rotatable bonds is 3. The quantitative estimate of drug-likeness (QED) is 0.690. The van der Waals surface area contributed by atoms with Gasteiger partial charge in [0, 0.05) is 31.7 Å². The van der Waals surface area contributed by atoms with Gasteiger partial charge in [0.2, 0.25) is 0 Å². The summed E-state index contributed by atoms with van der Waals surface area (Å²) in [6.07, 6.45) is 1.78. The fourth-order valence-electron chi connectivity index (χ4n) is 2.35. The van der Waals surface area contributed by atoms with Crippen LogP contribution < -0.4 is 4.90 Å². The maximum absolute atomic E-state index is 6.29. The lowest BCUT2D eigenvalue weighted by Gasteiger charge is -2.14. The Bertz CT molecular complexity index is 760. The van der Waals surface area contributed by atoms with Gasteiger partial charge in [0.1, 0.15) is 11.3 Å². The van der Waals surface area contributed by atoms with Gasteiger partial charge in [-0.3, -0.25) is 4.57 Å². The maximum Gasteiger partial charge on any atom is 0.164 e. The van der Waals surface area contributed by atoms with Crippen LogP contribution >= 0.6 is 11.6 Å². The van der Waals surface area contributed by atoms with Crippen LogP contribution in [0.3, 0.4) is 0 Å². The van der Waals surface area contributed by atoms with E-state index in [1.165, 1.54) is 0 Å². The molecule has 0 aliphatic rings. The van der Waals surface area contributed by atoms with E-state index in [1.54, 1.807) is 6.20 Å². The van der Waals surface area contributed by atoms with Crippen LogP contribution in [0, 0.1) is 0 Å². The highest BCUT2D eigenvalue weighted by Gasteiger charge is 2.16. The molecule has 0 aliphatic heterocycles. The molecular weight excluding hydrogens is 284 g/mol. The van der Waals surface area contributed by atoms with E-state index in [2.05, 4.69) is 39.1 Å². The minimum atomic E-state index is -0.187. The Balaban J connectivity index is 2.20. The van der Waals surface area contributed by atoms with E-state index in [4.69, 9.17) is 11.6 Å². The zero-order valence-corrected chi connectivity index (χ0v) is 13.0. The summed E-state index contributed by atoms with van der Waals surface area (Å²) in [5, 5.41) is -0.187. The summed E-state index contributed by atoms with van der Waals surface area (Å²) in [7, 11) is 4.05. The topological polar surface area (TPSA) is 34.0 Å².